The Bertz CT molecular complexity index is 640. The highest BCUT2D eigenvalue weighted by atomic mass is 16.1. The summed E-state index contributed by atoms with van der Waals surface area (Å²) in [6.07, 6.45) is 1.50. The predicted octanol–water partition coefficient (Wildman–Crippen LogP) is 2.47. The van der Waals surface area contributed by atoms with E-state index in [9.17, 15) is 9.59 Å². The predicted molar refractivity (Wildman–Crippen MR) is 67.0 cm³/mol. The van der Waals surface area contributed by atoms with Crippen molar-refractivity contribution in [1.82, 2.24) is 4.98 Å². The van der Waals surface area contributed by atoms with E-state index in [1.165, 1.54) is 6.20 Å². The molecule has 88 valence electrons. The molecule has 0 atom stereocenters. The minimum atomic E-state index is -0.115. The van der Waals surface area contributed by atoms with Crippen LogP contribution in [0.15, 0.2) is 30.5 Å². The zero-order valence-corrected chi connectivity index (χ0v) is 10.2. The average Bonchev–Trinajstić information content (AvgIpc) is 2.36. The summed E-state index contributed by atoms with van der Waals surface area (Å²) < 4.78 is 0. The summed E-state index contributed by atoms with van der Waals surface area (Å²) in [7, 11) is 0. The fraction of sp³-hybridized carbons (Fsp3) is 0.133. The first kappa shape index (κ1) is 10.8. The van der Waals surface area contributed by atoms with Crippen molar-refractivity contribution < 1.29 is 9.59 Å². The van der Waals surface area contributed by atoms with Gasteiger partial charge in [0.1, 0.15) is 0 Å². The molecule has 0 unspecified atom stereocenters. The van der Waals surface area contributed by atoms with E-state index >= 15 is 0 Å². The van der Waals surface area contributed by atoms with Gasteiger partial charge < -0.3 is 0 Å². The Labute approximate surface area is 104 Å². The molecule has 3 heteroatoms. The summed E-state index contributed by atoms with van der Waals surface area (Å²) in [5.74, 6) is -0.207. The van der Waals surface area contributed by atoms with Crippen molar-refractivity contribution in [2.24, 2.45) is 0 Å². The Morgan fingerprint density at radius 2 is 1.50 bits per heavy atom. The highest BCUT2D eigenvalue weighted by Crippen LogP contribution is 2.27. The van der Waals surface area contributed by atoms with Crippen molar-refractivity contribution >= 4 is 11.6 Å². The number of pyridine rings is 1. The third kappa shape index (κ3) is 1.40. The molecule has 0 spiro atoms. The lowest BCUT2D eigenvalue weighted by atomic mass is 9.84. The van der Waals surface area contributed by atoms with Crippen molar-refractivity contribution in [2.45, 2.75) is 13.8 Å². The van der Waals surface area contributed by atoms with Gasteiger partial charge in [0.2, 0.25) is 0 Å². The number of aromatic nitrogens is 1. The van der Waals surface area contributed by atoms with Crippen LogP contribution in [0.2, 0.25) is 0 Å². The van der Waals surface area contributed by atoms with E-state index in [-0.39, 0.29) is 11.6 Å². The summed E-state index contributed by atoms with van der Waals surface area (Å²) in [4.78, 5) is 28.8. The van der Waals surface area contributed by atoms with E-state index in [2.05, 4.69) is 4.98 Å². The fourth-order valence-corrected chi connectivity index (χ4v) is 2.26. The van der Waals surface area contributed by atoms with E-state index in [1.807, 2.05) is 19.9 Å². The summed E-state index contributed by atoms with van der Waals surface area (Å²) in [6, 6.07) is 7.02. The molecule has 0 aliphatic heterocycles. The first-order valence-electron chi connectivity index (χ1n) is 5.74. The smallest absolute Gasteiger partial charge is 0.196 e. The zero-order valence-electron chi connectivity index (χ0n) is 10.2. The van der Waals surface area contributed by atoms with Crippen LogP contribution in [0.5, 0.6) is 0 Å². The number of hydrogen-bond donors (Lipinski definition) is 0. The number of hydrogen-bond acceptors (Lipinski definition) is 3. The maximum absolute atomic E-state index is 12.3. The molecule has 0 N–H and O–H groups in total. The number of fused-ring (bicyclic) bond motifs is 2. The fourth-order valence-electron chi connectivity index (χ4n) is 2.26. The van der Waals surface area contributed by atoms with Gasteiger partial charge in [0, 0.05) is 28.6 Å². The van der Waals surface area contributed by atoms with E-state index < -0.39 is 0 Å². The van der Waals surface area contributed by atoms with E-state index in [4.69, 9.17) is 0 Å². The molecule has 18 heavy (non-hydrogen) atoms. The van der Waals surface area contributed by atoms with Crippen LogP contribution in [0.3, 0.4) is 0 Å². The Morgan fingerprint density at radius 3 is 2.28 bits per heavy atom. The van der Waals surface area contributed by atoms with Gasteiger partial charge in [0.25, 0.3) is 0 Å². The lowest BCUT2D eigenvalue weighted by Crippen LogP contribution is -2.21. The van der Waals surface area contributed by atoms with Gasteiger partial charge in [-0.25, -0.2) is 0 Å². The molecule has 3 nitrogen and oxygen atoms in total. The van der Waals surface area contributed by atoms with Crippen molar-refractivity contribution in [2.75, 3.05) is 0 Å². The molecular formula is C15H11NO2. The second kappa shape index (κ2) is 3.60. The molecule has 3 rings (SSSR count). The quantitative estimate of drug-likeness (QED) is 0.603. The molecular weight excluding hydrogens is 226 g/mol. The first-order valence-corrected chi connectivity index (χ1v) is 5.74. The van der Waals surface area contributed by atoms with Crippen LogP contribution in [0.4, 0.5) is 0 Å². The topological polar surface area (TPSA) is 47.0 Å². The molecule has 0 saturated carbocycles. The molecule has 1 aromatic carbocycles. The Kier molecular flexibility index (Phi) is 2.17. The van der Waals surface area contributed by atoms with Gasteiger partial charge in [0.15, 0.2) is 11.6 Å². The van der Waals surface area contributed by atoms with Crippen LogP contribution < -0.4 is 0 Å². The van der Waals surface area contributed by atoms with Gasteiger partial charge in [-0.3, -0.25) is 14.6 Å². The minimum absolute atomic E-state index is 0.0925. The SMILES string of the molecule is Cc1ccc2c(c1)C(=O)c1cnc(C)cc1C2=O. The molecule has 0 bridgehead atoms. The Hall–Kier alpha value is -2.29. The largest absolute Gasteiger partial charge is 0.289 e. The molecule has 0 radical (unpaired) electrons. The van der Waals surface area contributed by atoms with E-state index in [1.54, 1.807) is 18.2 Å². The van der Waals surface area contributed by atoms with Crippen LogP contribution in [-0.4, -0.2) is 16.6 Å². The summed E-state index contributed by atoms with van der Waals surface area (Å²) >= 11 is 0. The third-order valence-corrected chi connectivity index (χ3v) is 3.19. The number of nitrogens with zero attached hydrogens (tertiary/aromatic N) is 1. The Morgan fingerprint density at radius 1 is 0.833 bits per heavy atom. The number of benzene rings is 1. The molecule has 2 aromatic rings. The van der Waals surface area contributed by atoms with Gasteiger partial charge in [-0.05, 0) is 26.0 Å². The molecule has 0 amide bonds. The second-order valence-corrected chi connectivity index (χ2v) is 4.58. The van der Waals surface area contributed by atoms with Gasteiger partial charge in [-0.2, -0.15) is 0 Å². The maximum atomic E-state index is 12.3. The molecule has 1 aliphatic carbocycles. The molecule has 0 fully saturated rings. The minimum Gasteiger partial charge on any atom is -0.289 e. The van der Waals surface area contributed by atoms with Crippen LogP contribution in [0.25, 0.3) is 0 Å². The number of carbonyl (C=O) groups is 2. The van der Waals surface area contributed by atoms with E-state index in [0.29, 0.717) is 22.3 Å². The number of ketones is 2. The zero-order chi connectivity index (χ0) is 12.9. The maximum Gasteiger partial charge on any atom is 0.196 e. The molecule has 1 aromatic heterocycles. The Balaban J connectivity index is 2.31. The number of carbonyl (C=O) groups excluding carboxylic acids is 2. The van der Waals surface area contributed by atoms with Crippen LogP contribution in [0.1, 0.15) is 43.1 Å². The monoisotopic (exact) mass is 237 g/mol. The average molecular weight is 237 g/mol. The summed E-state index contributed by atoms with van der Waals surface area (Å²) in [5.41, 5.74) is 3.55. The highest BCUT2D eigenvalue weighted by molar-refractivity contribution is 6.28. The van der Waals surface area contributed by atoms with Crippen LogP contribution in [-0.2, 0) is 0 Å². The van der Waals surface area contributed by atoms with Gasteiger partial charge in [-0.15, -0.1) is 0 Å². The lowest BCUT2D eigenvalue weighted by molar-refractivity contribution is 0.0978. The van der Waals surface area contributed by atoms with Crippen molar-refractivity contribution in [3.8, 4) is 0 Å². The standard InChI is InChI=1S/C15H11NO2/c1-8-3-4-10-11(5-8)15(18)13-7-16-9(2)6-12(13)14(10)17/h3-7H,1-2H3. The van der Waals surface area contributed by atoms with Crippen molar-refractivity contribution in [3.05, 3.63) is 64.0 Å². The molecule has 0 saturated heterocycles. The first-order chi connectivity index (χ1) is 8.58. The summed E-state index contributed by atoms with van der Waals surface area (Å²) in [5, 5.41) is 0. The highest BCUT2D eigenvalue weighted by Gasteiger charge is 2.29. The van der Waals surface area contributed by atoms with Gasteiger partial charge >= 0.3 is 0 Å². The van der Waals surface area contributed by atoms with E-state index in [0.717, 1.165) is 11.3 Å². The number of aryl methyl sites for hydroxylation is 2. The second-order valence-electron chi connectivity index (χ2n) is 4.58. The third-order valence-electron chi connectivity index (χ3n) is 3.19. The van der Waals surface area contributed by atoms with Gasteiger partial charge in [0.05, 0.1) is 5.56 Å². The molecule has 1 aliphatic rings. The summed E-state index contributed by atoms with van der Waals surface area (Å²) in [6.45, 7) is 3.71. The lowest BCUT2D eigenvalue weighted by Gasteiger charge is -2.17. The normalized spacial score (nSPS) is 13.2. The van der Waals surface area contributed by atoms with Crippen LogP contribution >= 0.6 is 0 Å². The van der Waals surface area contributed by atoms with Crippen molar-refractivity contribution in [3.63, 3.8) is 0 Å². The molecule has 1 heterocycles. The van der Waals surface area contributed by atoms with Crippen molar-refractivity contribution in [1.29, 1.82) is 0 Å². The van der Waals surface area contributed by atoms with Gasteiger partial charge in [-0.1, -0.05) is 17.7 Å². The van der Waals surface area contributed by atoms with Crippen LogP contribution in [0, 0.1) is 13.8 Å². The number of rotatable bonds is 0.